The lowest BCUT2D eigenvalue weighted by atomic mass is 10.0. The van der Waals surface area contributed by atoms with Gasteiger partial charge in [-0.05, 0) is 46.5 Å². The molecule has 0 heterocycles. The summed E-state index contributed by atoms with van der Waals surface area (Å²) in [7, 11) is 0. The van der Waals surface area contributed by atoms with Crippen LogP contribution in [0.4, 0.5) is 4.39 Å². The van der Waals surface area contributed by atoms with Crippen molar-refractivity contribution in [1.82, 2.24) is 0 Å². The van der Waals surface area contributed by atoms with E-state index < -0.39 is 0 Å². The van der Waals surface area contributed by atoms with E-state index in [1.807, 2.05) is 0 Å². The van der Waals surface area contributed by atoms with Gasteiger partial charge < -0.3 is 5.73 Å². The summed E-state index contributed by atoms with van der Waals surface area (Å²) in [5, 5.41) is 0. The van der Waals surface area contributed by atoms with Gasteiger partial charge in [0.2, 0.25) is 0 Å². The molecular weight excluding hydrogens is 257 g/mol. The van der Waals surface area contributed by atoms with Crippen LogP contribution in [-0.4, -0.2) is 6.04 Å². The topological polar surface area (TPSA) is 26.0 Å². The van der Waals surface area contributed by atoms with Crippen LogP contribution >= 0.6 is 15.9 Å². The van der Waals surface area contributed by atoms with Crippen molar-refractivity contribution in [3.8, 4) is 0 Å². The van der Waals surface area contributed by atoms with Gasteiger partial charge in [-0.1, -0.05) is 25.8 Å². The zero-order valence-electron chi connectivity index (χ0n) is 8.97. The van der Waals surface area contributed by atoms with E-state index in [0.29, 0.717) is 4.47 Å². The van der Waals surface area contributed by atoms with Crippen molar-refractivity contribution in [1.29, 1.82) is 0 Å². The molecule has 0 spiro atoms. The summed E-state index contributed by atoms with van der Waals surface area (Å²) in [5.41, 5.74) is 7.06. The first-order valence-electron chi connectivity index (χ1n) is 5.33. The Labute approximate surface area is 99.0 Å². The smallest absolute Gasteiger partial charge is 0.137 e. The van der Waals surface area contributed by atoms with Crippen LogP contribution in [0.3, 0.4) is 0 Å². The SMILES string of the molecule is CCCCC(N)Cc1ccc(F)c(Br)c1. The molecule has 1 nitrogen and oxygen atoms in total. The molecule has 0 aliphatic heterocycles. The molecule has 0 fully saturated rings. The third kappa shape index (κ3) is 4.31. The highest BCUT2D eigenvalue weighted by molar-refractivity contribution is 9.10. The molecule has 1 rings (SSSR count). The molecule has 3 heteroatoms. The summed E-state index contributed by atoms with van der Waals surface area (Å²) in [6.07, 6.45) is 4.18. The van der Waals surface area contributed by atoms with Gasteiger partial charge in [-0.15, -0.1) is 0 Å². The minimum Gasteiger partial charge on any atom is -0.327 e. The molecule has 0 aliphatic rings. The van der Waals surface area contributed by atoms with Gasteiger partial charge in [-0.2, -0.15) is 0 Å². The third-order valence-corrected chi connectivity index (χ3v) is 3.02. The lowest BCUT2D eigenvalue weighted by Gasteiger charge is -2.11. The summed E-state index contributed by atoms with van der Waals surface area (Å²) in [4.78, 5) is 0. The Bertz CT molecular complexity index is 314. The van der Waals surface area contributed by atoms with Crippen LogP contribution in [0.1, 0.15) is 31.7 Å². The van der Waals surface area contributed by atoms with Crippen molar-refractivity contribution in [3.05, 3.63) is 34.1 Å². The fourth-order valence-corrected chi connectivity index (χ4v) is 1.96. The average Bonchev–Trinajstić information content (AvgIpc) is 2.20. The first kappa shape index (κ1) is 12.7. The quantitative estimate of drug-likeness (QED) is 0.871. The number of unbranched alkanes of at least 4 members (excludes halogenated alkanes) is 1. The average molecular weight is 274 g/mol. The zero-order valence-corrected chi connectivity index (χ0v) is 10.6. The van der Waals surface area contributed by atoms with E-state index >= 15 is 0 Å². The molecule has 1 unspecified atom stereocenters. The Balaban J connectivity index is 2.53. The van der Waals surface area contributed by atoms with Gasteiger partial charge >= 0.3 is 0 Å². The summed E-state index contributed by atoms with van der Waals surface area (Å²) in [6.45, 7) is 2.15. The Morgan fingerprint density at radius 1 is 1.47 bits per heavy atom. The molecule has 0 bridgehead atoms. The second kappa shape index (κ2) is 6.23. The number of hydrogen-bond donors (Lipinski definition) is 1. The largest absolute Gasteiger partial charge is 0.327 e. The highest BCUT2D eigenvalue weighted by Crippen LogP contribution is 2.18. The van der Waals surface area contributed by atoms with E-state index in [2.05, 4.69) is 22.9 Å². The predicted octanol–water partition coefficient (Wildman–Crippen LogP) is 3.65. The highest BCUT2D eigenvalue weighted by atomic mass is 79.9. The molecule has 2 N–H and O–H groups in total. The van der Waals surface area contributed by atoms with Crippen LogP contribution in [0, 0.1) is 5.82 Å². The molecule has 0 radical (unpaired) electrons. The molecule has 84 valence electrons. The highest BCUT2D eigenvalue weighted by Gasteiger charge is 2.05. The van der Waals surface area contributed by atoms with Gasteiger partial charge in [0.05, 0.1) is 4.47 Å². The number of benzene rings is 1. The van der Waals surface area contributed by atoms with Crippen molar-refractivity contribution in [3.63, 3.8) is 0 Å². The molecule has 0 aromatic heterocycles. The van der Waals surface area contributed by atoms with Crippen LogP contribution in [-0.2, 0) is 6.42 Å². The summed E-state index contributed by atoms with van der Waals surface area (Å²) >= 11 is 3.17. The van der Waals surface area contributed by atoms with E-state index in [4.69, 9.17) is 5.73 Å². The molecule has 0 amide bonds. The van der Waals surface area contributed by atoms with Gasteiger partial charge in [0.15, 0.2) is 0 Å². The van der Waals surface area contributed by atoms with Crippen molar-refractivity contribution >= 4 is 15.9 Å². The van der Waals surface area contributed by atoms with Crippen molar-refractivity contribution in [2.45, 2.75) is 38.6 Å². The van der Waals surface area contributed by atoms with E-state index in [9.17, 15) is 4.39 Å². The van der Waals surface area contributed by atoms with Crippen LogP contribution in [0.2, 0.25) is 0 Å². The van der Waals surface area contributed by atoms with Crippen LogP contribution in [0.25, 0.3) is 0 Å². The Morgan fingerprint density at radius 3 is 2.80 bits per heavy atom. The third-order valence-electron chi connectivity index (χ3n) is 2.41. The number of nitrogens with two attached hydrogens (primary N) is 1. The standard InChI is InChI=1S/C12H17BrFN/c1-2-3-4-10(15)7-9-5-6-12(14)11(13)8-9/h5-6,8,10H,2-4,7,15H2,1H3. The lowest BCUT2D eigenvalue weighted by Crippen LogP contribution is -2.22. The van der Waals surface area contributed by atoms with E-state index in [-0.39, 0.29) is 11.9 Å². The fourth-order valence-electron chi connectivity index (χ4n) is 1.54. The lowest BCUT2D eigenvalue weighted by molar-refractivity contribution is 0.572. The predicted molar refractivity (Wildman–Crippen MR) is 65.3 cm³/mol. The Kier molecular flexibility index (Phi) is 5.26. The zero-order chi connectivity index (χ0) is 11.3. The van der Waals surface area contributed by atoms with Crippen molar-refractivity contribution in [2.24, 2.45) is 5.73 Å². The number of rotatable bonds is 5. The molecular formula is C12H17BrFN. The normalized spacial score (nSPS) is 12.8. The Hall–Kier alpha value is -0.410. The first-order chi connectivity index (χ1) is 7.13. The van der Waals surface area contributed by atoms with Crippen LogP contribution in [0.5, 0.6) is 0 Å². The molecule has 15 heavy (non-hydrogen) atoms. The number of hydrogen-bond acceptors (Lipinski definition) is 1. The molecule has 1 aromatic rings. The fraction of sp³-hybridized carbons (Fsp3) is 0.500. The maximum absolute atomic E-state index is 13.0. The first-order valence-corrected chi connectivity index (χ1v) is 6.12. The van der Waals surface area contributed by atoms with Crippen LogP contribution < -0.4 is 5.73 Å². The van der Waals surface area contributed by atoms with Crippen molar-refractivity contribution < 1.29 is 4.39 Å². The summed E-state index contributed by atoms with van der Waals surface area (Å²) < 4.78 is 13.5. The molecule has 0 saturated heterocycles. The molecule has 0 saturated carbocycles. The van der Waals surface area contributed by atoms with Crippen molar-refractivity contribution in [2.75, 3.05) is 0 Å². The van der Waals surface area contributed by atoms with Crippen LogP contribution in [0.15, 0.2) is 22.7 Å². The van der Waals surface area contributed by atoms with Gasteiger partial charge in [-0.25, -0.2) is 4.39 Å². The van der Waals surface area contributed by atoms with E-state index in [1.165, 1.54) is 12.5 Å². The summed E-state index contributed by atoms with van der Waals surface area (Å²) in [6, 6.07) is 5.27. The minimum atomic E-state index is -0.221. The van der Waals surface area contributed by atoms with E-state index in [0.717, 1.165) is 24.8 Å². The maximum Gasteiger partial charge on any atom is 0.137 e. The Morgan fingerprint density at radius 2 is 2.20 bits per heavy atom. The number of halogens is 2. The van der Waals surface area contributed by atoms with Gasteiger partial charge in [0, 0.05) is 6.04 Å². The van der Waals surface area contributed by atoms with Gasteiger partial charge in [0.1, 0.15) is 5.82 Å². The van der Waals surface area contributed by atoms with Gasteiger partial charge in [-0.3, -0.25) is 0 Å². The van der Waals surface area contributed by atoms with E-state index in [1.54, 1.807) is 12.1 Å². The molecule has 1 aromatic carbocycles. The van der Waals surface area contributed by atoms with Gasteiger partial charge in [0.25, 0.3) is 0 Å². The minimum absolute atomic E-state index is 0.183. The molecule has 0 aliphatic carbocycles. The second-order valence-electron chi connectivity index (χ2n) is 3.85. The summed E-state index contributed by atoms with van der Waals surface area (Å²) in [5.74, 6) is -0.221. The second-order valence-corrected chi connectivity index (χ2v) is 4.71. The monoisotopic (exact) mass is 273 g/mol. The maximum atomic E-state index is 13.0. The molecule has 1 atom stereocenters.